The first-order valence-electron chi connectivity index (χ1n) is 13.1. The fourth-order valence-electron chi connectivity index (χ4n) is 5.26. The predicted octanol–water partition coefficient (Wildman–Crippen LogP) is 5.50. The number of carbonyl (C=O) groups is 2. The SMILES string of the molecule is CN(CCC(Oc1ccccc1C(=O)N1CCC(c2ccccc2)(N(C)C)CC1)c1ccccc1)C(=O)O. The number of nitrogens with zero attached hydrogens (tertiary/aromatic N) is 3. The van der Waals surface area contributed by atoms with Crippen LogP contribution in [0.25, 0.3) is 0 Å². The van der Waals surface area contributed by atoms with Crippen molar-refractivity contribution in [3.05, 3.63) is 102 Å². The standard InChI is InChI=1S/C31H37N3O4/c1-32(2)31(25-14-8-5-9-15-25)19-22-34(23-20-31)29(35)26-16-10-11-17-28(26)38-27(18-21-33(3)30(36)37)24-12-6-4-7-13-24/h4-17,27H,18-23H2,1-3H3,(H,36,37). The van der Waals surface area contributed by atoms with Gasteiger partial charge in [-0.15, -0.1) is 0 Å². The Hall–Kier alpha value is -3.84. The van der Waals surface area contributed by atoms with Crippen LogP contribution in [0.4, 0.5) is 4.79 Å². The highest BCUT2D eigenvalue weighted by molar-refractivity contribution is 5.97. The highest BCUT2D eigenvalue weighted by Crippen LogP contribution is 2.38. The van der Waals surface area contributed by atoms with Crippen LogP contribution in [-0.4, -0.2) is 72.6 Å². The zero-order valence-corrected chi connectivity index (χ0v) is 22.4. The highest BCUT2D eigenvalue weighted by atomic mass is 16.5. The Labute approximate surface area is 225 Å². The van der Waals surface area contributed by atoms with Gasteiger partial charge in [0.1, 0.15) is 11.9 Å². The number of likely N-dealkylation sites (tertiary alicyclic amines) is 1. The molecule has 1 saturated heterocycles. The van der Waals surface area contributed by atoms with Gasteiger partial charge in [0.25, 0.3) is 5.91 Å². The van der Waals surface area contributed by atoms with Crippen LogP contribution in [0.2, 0.25) is 0 Å². The Balaban J connectivity index is 1.52. The monoisotopic (exact) mass is 515 g/mol. The van der Waals surface area contributed by atoms with Gasteiger partial charge in [0.05, 0.1) is 5.56 Å². The summed E-state index contributed by atoms with van der Waals surface area (Å²) in [6.07, 6.45) is 0.760. The summed E-state index contributed by atoms with van der Waals surface area (Å²) in [4.78, 5) is 30.5. The summed E-state index contributed by atoms with van der Waals surface area (Å²) in [6.45, 7) is 1.60. The number of piperidine rings is 1. The van der Waals surface area contributed by atoms with Crippen LogP contribution >= 0.6 is 0 Å². The zero-order chi connectivity index (χ0) is 27.1. The minimum Gasteiger partial charge on any atom is -0.485 e. The molecule has 1 unspecified atom stereocenters. The molecule has 1 heterocycles. The number of carbonyl (C=O) groups excluding carboxylic acids is 1. The lowest BCUT2D eigenvalue weighted by Gasteiger charge is -2.46. The van der Waals surface area contributed by atoms with Gasteiger partial charge in [-0.05, 0) is 50.2 Å². The molecule has 1 N–H and O–H groups in total. The molecule has 38 heavy (non-hydrogen) atoms. The molecule has 7 nitrogen and oxygen atoms in total. The number of amides is 2. The largest absolute Gasteiger partial charge is 0.485 e. The average Bonchev–Trinajstić information content (AvgIpc) is 2.95. The van der Waals surface area contributed by atoms with Gasteiger partial charge in [-0.3, -0.25) is 9.69 Å². The Morgan fingerprint density at radius 3 is 2.08 bits per heavy atom. The van der Waals surface area contributed by atoms with E-state index in [1.54, 1.807) is 7.05 Å². The second kappa shape index (κ2) is 12.1. The summed E-state index contributed by atoms with van der Waals surface area (Å²) in [5.41, 5.74) is 2.63. The van der Waals surface area contributed by atoms with Gasteiger partial charge in [0, 0.05) is 38.6 Å². The molecule has 1 aliphatic rings. The molecule has 200 valence electrons. The summed E-state index contributed by atoms with van der Waals surface area (Å²) in [6, 6.07) is 27.6. The van der Waals surface area contributed by atoms with Crippen molar-refractivity contribution in [2.45, 2.75) is 30.9 Å². The van der Waals surface area contributed by atoms with E-state index in [1.807, 2.05) is 65.6 Å². The molecule has 1 fully saturated rings. The van der Waals surface area contributed by atoms with Crippen molar-refractivity contribution in [1.82, 2.24) is 14.7 Å². The van der Waals surface area contributed by atoms with Gasteiger partial charge in [0.2, 0.25) is 0 Å². The van der Waals surface area contributed by atoms with E-state index in [0.29, 0.717) is 37.4 Å². The van der Waals surface area contributed by atoms with Crippen molar-refractivity contribution in [3.63, 3.8) is 0 Å². The van der Waals surface area contributed by atoms with Crippen molar-refractivity contribution >= 4 is 12.0 Å². The number of hydrogen-bond acceptors (Lipinski definition) is 4. The molecule has 0 bridgehead atoms. The van der Waals surface area contributed by atoms with Crippen LogP contribution in [0, 0.1) is 0 Å². The second-order valence-corrected chi connectivity index (χ2v) is 10.1. The van der Waals surface area contributed by atoms with E-state index in [0.717, 1.165) is 18.4 Å². The summed E-state index contributed by atoms with van der Waals surface area (Å²) < 4.78 is 6.45. The van der Waals surface area contributed by atoms with E-state index in [-0.39, 0.29) is 11.4 Å². The Morgan fingerprint density at radius 2 is 1.47 bits per heavy atom. The number of para-hydroxylation sites is 1. The minimum absolute atomic E-state index is 0.0458. The van der Waals surface area contributed by atoms with Gasteiger partial charge in [-0.2, -0.15) is 0 Å². The maximum atomic E-state index is 13.8. The van der Waals surface area contributed by atoms with Crippen LogP contribution in [0.15, 0.2) is 84.9 Å². The molecule has 0 aliphatic carbocycles. The summed E-state index contributed by atoms with van der Waals surface area (Å²) in [5, 5.41) is 9.29. The molecule has 1 atom stereocenters. The van der Waals surface area contributed by atoms with E-state index >= 15 is 0 Å². The van der Waals surface area contributed by atoms with E-state index in [4.69, 9.17) is 4.74 Å². The van der Waals surface area contributed by atoms with Crippen LogP contribution in [0.5, 0.6) is 5.75 Å². The van der Waals surface area contributed by atoms with E-state index in [9.17, 15) is 14.7 Å². The summed E-state index contributed by atoms with van der Waals surface area (Å²) in [7, 11) is 5.76. The normalized spacial score (nSPS) is 15.6. The average molecular weight is 516 g/mol. The van der Waals surface area contributed by atoms with E-state index < -0.39 is 12.2 Å². The molecule has 7 heteroatoms. The first-order valence-corrected chi connectivity index (χ1v) is 13.1. The van der Waals surface area contributed by atoms with Crippen molar-refractivity contribution in [2.75, 3.05) is 40.8 Å². The Kier molecular flexibility index (Phi) is 8.69. The number of benzene rings is 3. The lowest BCUT2D eigenvalue weighted by Crippen LogP contribution is -2.51. The lowest BCUT2D eigenvalue weighted by molar-refractivity contribution is 0.0407. The maximum Gasteiger partial charge on any atom is 0.407 e. The first-order chi connectivity index (χ1) is 18.3. The molecule has 0 spiro atoms. The molecular weight excluding hydrogens is 478 g/mol. The van der Waals surface area contributed by atoms with Crippen molar-refractivity contribution in [3.8, 4) is 5.75 Å². The first kappa shape index (κ1) is 27.2. The third-order valence-electron chi connectivity index (χ3n) is 7.66. The summed E-state index contributed by atoms with van der Waals surface area (Å²) in [5.74, 6) is 0.465. The van der Waals surface area contributed by atoms with Gasteiger partial charge in [-0.25, -0.2) is 4.79 Å². The summed E-state index contributed by atoms with van der Waals surface area (Å²) >= 11 is 0. The van der Waals surface area contributed by atoms with Crippen LogP contribution in [0.1, 0.15) is 46.9 Å². The molecule has 0 aromatic heterocycles. The van der Waals surface area contributed by atoms with Crippen molar-refractivity contribution < 1.29 is 19.4 Å². The fourth-order valence-corrected chi connectivity index (χ4v) is 5.26. The molecule has 0 radical (unpaired) electrons. The second-order valence-electron chi connectivity index (χ2n) is 10.1. The number of rotatable bonds is 9. The number of ether oxygens (including phenoxy) is 1. The molecule has 1 aliphatic heterocycles. The third kappa shape index (κ3) is 6.00. The Morgan fingerprint density at radius 1 is 0.895 bits per heavy atom. The third-order valence-corrected chi connectivity index (χ3v) is 7.66. The minimum atomic E-state index is -0.984. The van der Waals surface area contributed by atoms with Crippen LogP contribution < -0.4 is 4.74 Å². The van der Waals surface area contributed by atoms with E-state index in [2.05, 4.69) is 43.3 Å². The molecule has 2 amide bonds. The molecule has 3 aromatic carbocycles. The van der Waals surface area contributed by atoms with Gasteiger partial charge >= 0.3 is 6.09 Å². The molecule has 0 saturated carbocycles. The van der Waals surface area contributed by atoms with Gasteiger partial charge in [0.15, 0.2) is 0 Å². The molecule has 4 rings (SSSR count). The lowest BCUT2D eigenvalue weighted by atomic mass is 9.79. The quantitative estimate of drug-likeness (QED) is 0.407. The zero-order valence-electron chi connectivity index (χ0n) is 22.4. The highest BCUT2D eigenvalue weighted by Gasteiger charge is 2.39. The molecule has 3 aromatic rings. The van der Waals surface area contributed by atoms with Crippen LogP contribution in [-0.2, 0) is 5.54 Å². The number of hydrogen-bond donors (Lipinski definition) is 1. The topological polar surface area (TPSA) is 73.3 Å². The number of carboxylic acid groups (broad SMARTS) is 1. The van der Waals surface area contributed by atoms with E-state index in [1.165, 1.54) is 10.5 Å². The van der Waals surface area contributed by atoms with Gasteiger partial charge in [-0.1, -0.05) is 72.8 Å². The Bertz CT molecular complexity index is 1210. The van der Waals surface area contributed by atoms with Crippen molar-refractivity contribution in [1.29, 1.82) is 0 Å². The van der Waals surface area contributed by atoms with Crippen molar-refractivity contribution in [2.24, 2.45) is 0 Å². The van der Waals surface area contributed by atoms with Crippen LogP contribution in [0.3, 0.4) is 0 Å². The molecular formula is C31H37N3O4. The smallest absolute Gasteiger partial charge is 0.407 e. The fraction of sp³-hybridized carbons (Fsp3) is 0.355. The predicted molar refractivity (Wildman–Crippen MR) is 148 cm³/mol. The maximum absolute atomic E-state index is 13.8. The van der Waals surface area contributed by atoms with Gasteiger partial charge < -0.3 is 19.6 Å².